The number of carbonyl (C=O) groups is 1. The number of nitrogens with one attached hydrogen (secondary N) is 1. The van der Waals surface area contributed by atoms with Gasteiger partial charge < -0.3 is 11.1 Å². The molecule has 1 amide bonds. The number of anilines is 1. The minimum atomic E-state index is 0.184. The molecule has 2 saturated heterocycles. The van der Waals surface area contributed by atoms with Gasteiger partial charge in [-0.1, -0.05) is 18.6 Å². The fourth-order valence-electron chi connectivity index (χ4n) is 3.64. The number of fused-ring (bicyclic) bond motifs is 1. The molecular formula is C17H25N3O. The molecule has 0 saturated carbocycles. The van der Waals surface area contributed by atoms with Gasteiger partial charge in [-0.05, 0) is 49.9 Å². The molecule has 4 nitrogen and oxygen atoms in total. The summed E-state index contributed by atoms with van der Waals surface area (Å²) >= 11 is 0. The Labute approximate surface area is 126 Å². The Morgan fingerprint density at radius 3 is 2.81 bits per heavy atom. The van der Waals surface area contributed by atoms with Crippen molar-refractivity contribution in [2.24, 2.45) is 0 Å². The van der Waals surface area contributed by atoms with Crippen molar-refractivity contribution in [3.05, 3.63) is 29.8 Å². The first-order chi connectivity index (χ1) is 10.2. The van der Waals surface area contributed by atoms with E-state index in [0.717, 1.165) is 25.1 Å². The number of amides is 1. The Hall–Kier alpha value is -1.55. The zero-order chi connectivity index (χ0) is 14.7. The van der Waals surface area contributed by atoms with Gasteiger partial charge in [0.2, 0.25) is 5.91 Å². The van der Waals surface area contributed by atoms with Crippen molar-refractivity contribution in [3.8, 4) is 0 Å². The van der Waals surface area contributed by atoms with E-state index in [4.69, 9.17) is 5.73 Å². The number of benzene rings is 1. The van der Waals surface area contributed by atoms with Gasteiger partial charge in [-0.25, -0.2) is 0 Å². The average Bonchev–Trinajstić information content (AvgIpc) is 2.90. The molecule has 4 heteroatoms. The molecule has 1 aromatic carbocycles. The second-order valence-electron chi connectivity index (χ2n) is 6.30. The maximum atomic E-state index is 12.2. The fourth-order valence-corrected chi connectivity index (χ4v) is 3.64. The van der Waals surface area contributed by atoms with Crippen LogP contribution in [0.2, 0.25) is 0 Å². The molecule has 0 aromatic heterocycles. The highest BCUT2D eigenvalue weighted by atomic mass is 16.1. The second kappa shape index (κ2) is 6.48. The molecule has 2 atom stereocenters. The number of nitrogen functional groups attached to an aromatic ring is 1. The lowest BCUT2D eigenvalue weighted by molar-refractivity contribution is -0.122. The Kier molecular flexibility index (Phi) is 4.44. The van der Waals surface area contributed by atoms with Crippen molar-refractivity contribution in [1.82, 2.24) is 10.2 Å². The smallest absolute Gasteiger partial charge is 0.220 e. The molecule has 2 heterocycles. The number of carbonyl (C=O) groups excluding carboxylic acids is 1. The first-order valence-corrected chi connectivity index (χ1v) is 8.10. The summed E-state index contributed by atoms with van der Waals surface area (Å²) in [4.78, 5) is 14.7. The van der Waals surface area contributed by atoms with Crippen molar-refractivity contribution in [1.29, 1.82) is 0 Å². The summed E-state index contributed by atoms with van der Waals surface area (Å²) in [6, 6.07) is 8.74. The number of aryl methyl sites for hydroxylation is 1. The second-order valence-corrected chi connectivity index (χ2v) is 6.30. The van der Waals surface area contributed by atoms with E-state index in [-0.39, 0.29) is 5.91 Å². The Morgan fingerprint density at radius 2 is 2.00 bits per heavy atom. The monoisotopic (exact) mass is 287 g/mol. The minimum Gasteiger partial charge on any atom is -0.399 e. The summed E-state index contributed by atoms with van der Waals surface area (Å²) in [5.74, 6) is 0.184. The van der Waals surface area contributed by atoms with E-state index in [0.29, 0.717) is 18.5 Å². The summed E-state index contributed by atoms with van der Waals surface area (Å²) < 4.78 is 0. The summed E-state index contributed by atoms with van der Waals surface area (Å²) in [7, 11) is 0. The van der Waals surface area contributed by atoms with Gasteiger partial charge in [-0.3, -0.25) is 9.69 Å². The molecule has 3 rings (SSSR count). The van der Waals surface area contributed by atoms with Crippen LogP contribution < -0.4 is 11.1 Å². The lowest BCUT2D eigenvalue weighted by Crippen LogP contribution is -2.46. The predicted octanol–water partition coefficient (Wildman–Crippen LogP) is 1.94. The maximum absolute atomic E-state index is 12.2. The number of hydrogen-bond donors (Lipinski definition) is 2. The largest absolute Gasteiger partial charge is 0.399 e. The zero-order valence-corrected chi connectivity index (χ0v) is 12.6. The molecule has 0 aliphatic carbocycles. The Balaban J connectivity index is 1.47. The van der Waals surface area contributed by atoms with Crippen molar-refractivity contribution in [3.63, 3.8) is 0 Å². The highest BCUT2D eigenvalue weighted by molar-refractivity contribution is 5.76. The van der Waals surface area contributed by atoms with E-state index in [9.17, 15) is 4.79 Å². The van der Waals surface area contributed by atoms with E-state index in [1.807, 2.05) is 24.3 Å². The van der Waals surface area contributed by atoms with Crippen molar-refractivity contribution in [2.75, 3.05) is 18.8 Å². The summed E-state index contributed by atoms with van der Waals surface area (Å²) in [5.41, 5.74) is 7.61. The van der Waals surface area contributed by atoms with Crippen LogP contribution in [0, 0.1) is 0 Å². The molecular weight excluding hydrogens is 262 g/mol. The van der Waals surface area contributed by atoms with Gasteiger partial charge >= 0.3 is 0 Å². The average molecular weight is 287 g/mol. The van der Waals surface area contributed by atoms with Crippen LogP contribution in [-0.2, 0) is 11.2 Å². The maximum Gasteiger partial charge on any atom is 0.220 e. The van der Waals surface area contributed by atoms with Crippen molar-refractivity contribution >= 4 is 11.6 Å². The highest BCUT2D eigenvalue weighted by Gasteiger charge is 2.35. The van der Waals surface area contributed by atoms with Crippen LogP contribution in [0.25, 0.3) is 0 Å². The van der Waals surface area contributed by atoms with Crippen LogP contribution in [-0.4, -0.2) is 36.0 Å². The van der Waals surface area contributed by atoms with Crippen LogP contribution in [0.5, 0.6) is 0 Å². The zero-order valence-electron chi connectivity index (χ0n) is 12.6. The SMILES string of the molecule is Nc1ccc(CCC(=O)NC2CCN3CCCCC23)cc1. The molecule has 2 aliphatic rings. The van der Waals surface area contributed by atoms with E-state index in [1.165, 1.54) is 31.4 Å². The molecule has 0 radical (unpaired) electrons. The number of hydrogen-bond acceptors (Lipinski definition) is 3. The number of nitrogens with zero attached hydrogens (tertiary/aromatic N) is 1. The van der Waals surface area contributed by atoms with E-state index >= 15 is 0 Å². The Morgan fingerprint density at radius 1 is 1.19 bits per heavy atom. The number of piperidine rings is 1. The van der Waals surface area contributed by atoms with Gasteiger partial charge in [0.25, 0.3) is 0 Å². The molecule has 0 bridgehead atoms. The van der Waals surface area contributed by atoms with Gasteiger partial charge in [0, 0.05) is 30.7 Å². The molecule has 2 unspecified atom stereocenters. The summed E-state index contributed by atoms with van der Waals surface area (Å²) in [5, 5.41) is 3.25. The highest BCUT2D eigenvalue weighted by Crippen LogP contribution is 2.27. The topological polar surface area (TPSA) is 58.4 Å². The molecule has 1 aromatic rings. The molecule has 2 aliphatic heterocycles. The van der Waals surface area contributed by atoms with Crippen LogP contribution in [0.1, 0.15) is 37.7 Å². The molecule has 3 N–H and O–H groups in total. The quantitative estimate of drug-likeness (QED) is 0.832. The normalized spacial score (nSPS) is 25.5. The lowest BCUT2D eigenvalue weighted by atomic mass is 9.99. The standard InChI is InChI=1S/C17H25N3O/c18-14-7-4-13(5-8-14)6-9-17(21)19-15-10-12-20-11-2-1-3-16(15)20/h4-5,7-8,15-16H,1-3,6,9-12,18H2,(H,19,21). The van der Waals surface area contributed by atoms with Gasteiger partial charge in [0.1, 0.15) is 0 Å². The third-order valence-corrected chi connectivity index (χ3v) is 4.82. The van der Waals surface area contributed by atoms with E-state index < -0.39 is 0 Å². The van der Waals surface area contributed by atoms with Crippen molar-refractivity contribution in [2.45, 2.75) is 50.6 Å². The number of rotatable bonds is 4. The van der Waals surface area contributed by atoms with Gasteiger partial charge in [-0.15, -0.1) is 0 Å². The van der Waals surface area contributed by atoms with Gasteiger partial charge in [0.15, 0.2) is 0 Å². The summed E-state index contributed by atoms with van der Waals surface area (Å²) in [6.07, 6.45) is 6.31. The predicted molar refractivity (Wildman–Crippen MR) is 84.9 cm³/mol. The number of nitrogens with two attached hydrogens (primary N) is 1. The van der Waals surface area contributed by atoms with E-state index in [1.54, 1.807) is 0 Å². The molecule has 2 fully saturated rings. The Bertz CT molecular complexity index is 485. The fraction of sp³-hybridized carbons (Fsp3) is 0.588. The third-order valence-electron chi connectivity index (χ3n) is 4.82. The minimum absolute atomic E-state index is 0.184. The van der Waals surface area contributed by atoms with Crippen molar-refractivity contribution < 1.29 is 4.79 Å². The van der Waals surface area contributed by atoms with Crippen LogP contribution in [0.4, 0.5) is 5.69 Å². The summed E-state index contributed by atoms with van der Waals surface area (Å²) in [6.45, 7) is 2.36. The molecule has 114 valence electrons. The van der Waals surface area contributed by atoms with E-state index in [2.05, 4.69) is 10.2 Å². The van der Waals surface area contributed by atoms with Crippen LogP contribution in [0.15, 0.2) is 24.3 Å². The molecule has 21 heavy (non-hydrogen) atoms. The van der Waals surface area contributed by atoms with Crippen LogP contribution in [0.3, 0.4) is 0 Å². The van der Waals surface area contributed by atoms with Gasteiger partial charge in [-0.2, -0.15) is 0 Å². The van der Waals surface area contributed by atoms with Gasteiger partial charge in [0.05, 0.1) is 0 Å². The van der Waals surface area contributed by atoms with Crippen LogP contribution >= 0.6 is 0 Å². The first-order valence-electron chi connectivity index (χ1n) is 8.10. The first kappa shape index (κ1) is 14.4. The molecule has 0 spiro atoms. The third kappa shape index (κ3) is 3.56. The lowest BCUT2D eigenvalue weighted by Gasteiger charge is -2.32.